The molecule has 0 bridgehead atoms. The van der Waals surface area contributed by atoms with Gasteiger partial charge in [0.1, 0.15) is 6.07 Å². The summed E-state index contributed by atoms with van der Waals surface area (Å²) in [5.74, 6) is 0. The number of nitriles is 1. The highest BCUT2D eigenvalue weighted by molar-refractivity contribution is 5.93. The van der Waals surface area contributed by atoms with Crippen LogP contribution in [0, 0.1) is 11.3 Å². The highest BCUT2D eigenvalue weighted by Gasteiger charge is 2.19. The third-order valence-corrected chi connectivity index (χ3v) is 3.62. The van der Waals surface area contributed by atoms with Gasteiger partial charge in [0.25, 0.3) is 0 Å². The fourth-order valence-corrected chi connectivity index (χ4v) is 2.49. The first kappa shape index (κ1) is 13.4. The quantitative estimate of drug-likeness (QED) is 0.885. The molecule has 100 valence electrons. The predicted octanol–water partition coefficient (Wildman–Crippen LogP) is 3.04. The number of amides is 2. The van der Waals surface area contributed by atoms with Gasteiger partial charge in [0.2, 0.25) is 0 Å². The highest BCUT2D eigenvalue weighted by Crippen LogP contribution is 2.20. The van der Waals surface area contributed by atoms with E-state index in [2.05, 4.69) is 11.4 Å². The molecule has 0 heterocycles. The standard InChI is InChI=1S/C15H19N3O/c1-18(14-10-6-5-7-12(14)11-16)15(19)17-13-8-3-2-4-9-13/h5-7,10,13H,2-4,8-9H2,1H3,(H,17,19). The van der Waals surface area contributed by atoms with Crippen LogP contribution in [-0.4, -0.2) is 19.1 Å². The molecule has 1 aromatic carbocycles. The summed E-state index contributed by atoms with van der Waals surface area (Å²) < 4.78 is 0. The van der Waals surface area contributed by atoms with Crippen molar-refractivity contribution in [2.75, 3.05) is 11.9 Å². The Morgan fingerprint density at radius 3 is 2.68 bits per heavy atom. The van der Waals surface area contributed by atoms with Crippen molar-refractivity contribution in [1.82, 2.24) is 5.32 Å². The van der Waals surface area contributed by atoms with E-state index in [0.29, 0.717) is 11.3 Å². The Morgan fingerprint density at radius 1 is 1.32 bits per heavy atom. The van der Waals surface area contributed by atoms with E-state index in [9.17, 15) is 4.79 Å². The minimum atomic E-state index is -0.130. The van der Waals surface area contributed by atoms with Gasteiger partial charge in [-0.2, -0.15) is 5.26 Å². The molecule has 1 saturated carbocycles. The van der Waals surface area contributed by atoms with Gasteiger partial charge in [0.15, 0.2) is 0 Å². The van der Waals surface area contributed by atoms with Crippen LogP contribution in [0.5, 0.6) is 0 Å². The molecule has 4 heteroatoms. The van der Waals surface area contributed by atoms with Gasteiger partial charge in [-0.25, -0.2) is 4.79 Å². The Bertz CT molecular complexity index is 486. The van der Waals surface area contributed by atoms with Crippen molar-refractivity contribution < 1.29 is 4.79 Å². The van der Waals surface area contributed by atoms with Crippen molar-refractivity contribution in [1.29, 1.82) is 5.26 Å². The first-order valence-corrected chi connectivity index (χ1v) is 6.75. The van der Waals surface area contributed by atoms with Crippen LogP contribution >= 0.6 is 0 Å². The molecular weight excluding hydrogens is 238 g/mol. The average molecular weight is 257 g/mol. The highest BCUT2D eigenvalue weighted by atomic mass is 16.2. The number of hydrogen-bond donors (Lipinski definition) is 1. The third kappa shape index (κ3) is 3.25. The van der Waals surface area contributed by atoms with Gasteiger partial charge in [0.05, 0.1) is 11.3 Å². The zero-order chi connectivity index (χ0) is 13.7. The van der Waals surface area contributed by atoms with Crippen LogP contribution in [0.2, 0.25) is 0 Å². The van der Waals surface area contributed by atoms with Crippen LogP contribution in [0.3, 0.4) is 0 Å². The lowest BCUT2D eigenvalue weighted by atomic mass is 9.96. The topological polar surface area (TPSA) is 56.1 Å². The summed E-state index contributed by atoms with van der Waals surface area (Å²) in [7, 11) is 1.70. The van der Waals surface area contributed by atoms with Gasteiger partial charge in [-0.3, -0.25) is 4.90 Å². The van der Waals surface area contributed by atoms with Crippen LogP contribution in [0.1, 0.15) is 37.7 Å². The van der Waals surface area contributed by atoms with Crippen molar-refractivity contribution in [2.45, 2.75) is 38.1 Å². The molecule has 1 N–H and O–H groups in total. The molecular formula is C15H19N3O. The Kier molecular flexibility index (Phi) is 4.40. The fraction of sp³-hybridized carbons (Fsp3) is 0.467. The molecule has 19 heavy (non-hydrogen) atoms. The van der Waals surface area contributed by atoms with E-state index >= 15 is 0 Å². The maximum Gasteiger partial charge on any atom is 0.321 e. The van der Waals surface area contributed by atoms with Gasteiger partial charge in [-0.1, -0.05) is 31.4 Å². The van der Waals surface area contributed by atoms with E-state index in [1.807, 2.05) is 6.07 Å². The van der Waals surface area contributed by atoms with Gasteiger partial charge in [-0.05, 0) is 25.0 Å². The molecule has 0 aliphatic heterocycles. The number of benzene rings is 1. The van der Waals surface area contributed by atoms with E-state index in [1.54, 1.807) is 25.2 Å². The first-order chi connectivity index (χ1) is 9.22. The minimum Gasteiger partial charge on any atom is -0.335 e. The smallest absolute Gasteiger partial charge is 0.321 e. The summed E-state index contributed by atoms with van der Waals surface area (Å²) in [6.07, 6.45) is 5.74. The Balaban J connectivity index is 2.04. The zero-order valence-electron chi connectivity index (χ0n) is 11.2. The molecule has 0 unspecified atom stereocenters. The summed E-state index contributed by atoms with van der Waals surface area (Å²) in [4.78, 5) is 13.7. The lowest BCUT2D eigenvalue weighted by Gasteiger charge is -2.26. The normalized spacial score (nSPS) is 15.6. The van der Waals surface area contributed by atoms with Crippen LogP contribution in [0.25, 0.3) is 0 Å². The Hall–Kier alpha value is -2.02. The van der Waals surface area contributed by atoms with E-state index < -0.39 is 0 Å². The number of anilines is 1. The zero-order valence-corrected chi connectivity index (χ0v) is 11.2. The molecule has 1 aromatic rings. The maximum absolute atomic E-state index is 12.2. The summed E-state index contributed by atoms with van der Waals surface area (Å²) in [5, 5.41) is 12.1. The number of para-hydroxylation sites is 1. The number of urea groups is 1. The van der Waals surface area contributed by atoms with Gasteiger partial charge in [0, 0.05) is 13.1 Å². The fourth-order valence-electron chi connectivity index (χ4n) is 2.49. The number of nitrogens with zero attached hydrogens (tertiary/aromatic N) is 2. The molecule has 2 rings (SSSR count). The second kappa shape index (κ2) is 6.24. The Morgan fingerprint density at radius 2 is 2.00 bits per heavy atom. The minimum absolute atomic E-state index is 0.130. The van der Waals surface area contributed by atoms with E-state index in [4.69, 9.17) is 5.26 Å². The van der Waals surface area contributed by atoms with Gasteiger partial charge >= 0.3 is 6.03 Å². The average Bonchev–Trinajstić information content (AvgIpc) is 2.47. The van der Waals surface area contributed by atoms with E-state index in [0.717, 1.165) is 12.8 Å². The van der Waals surface area contributed by atoms with Crippen LogP contribution in [0.4, 0.5) is 10.5 Å². The number of nitrogens with one attached hydrogen (secondary N) is 1. The van der Waals surface area contributed by atoms with Crippen molar-refractivity contribution in [3.05, 3.63) is 29.8 Å². The van der Waals surface area contributed by atoms with Crippen LogP contribution in [-0.2, 0) is 0 Å². The molecule has 0 spiro atoms. The van der Waals surface area contributed by atoms with Crippen molar-refractivity contribution in [3.8, 4) is 6.07 Å². The molecule has 0 atom stereocenters. The van der Waals surface area contributed by atoms with Crippen molar-refractivity contribution >= 4 is 11.7 Å². The molecule has 1 fully saturated rings. The molecule has 1 aliphatic carbocycles. The molecule has 0 radical (unpaired) electrons. The van der Waals surface area contributed by atoms with Crippen molar-refractivity contribution in [2.24, 2.45) is 0 Å². The number of carbonyl (C=O) groups is 1. The molecule has 2 amide bonds. The van der Waals surface area contributed by atoms with E-state index in [1.165, 1.54) is 24.2 Å². The van der Waals surface area contributed by atoms with Crippen LogP contribution < -0.4 is 10.2 Å². The maximum atomic E-state index is 12.2. The predicted molar refractivity (Wildman–Crippen MR) is 75.0 cm³/mol. The second-order valence-electron chi connectivity index (χ2n) is 4.97. The SMILES string of the molecule is CN(C(=O)NC1CCCCC1)c1ccccc1C#N. The van der Waals surface area contributed by atoms with Gasteiger partial charge < -0.3 is 5.32 Å². The molecule has 1 aliphatic rings. The molecule has 4 nitrogen and oxygen atoms in total. The number of carbonyl (C=O) groups excluding carboxylic acids is 1. The lowest BCUT2D eigenvalue weighted by Crippen LogP contribution is -2.44. The Labute approximate surface area is 114 Å². The molecule has 0 aromatic heterocycles. The number of rotatable bonds is 2. The summed E-state index contributed by atoms with van der Waals surface area (Å²) >= 11 is 0. The molecule has 0 saturated heterocycles. The van der Waals surface area contributed by atoms with E-state index in [-0.39, 0.29) is 12.1 Å². The summed E-state index contributed by atoms with van der Waals surface area (Å²) in [5.41, 5.74) is 1.17. The monoisotopic (exact) mass is 257 g/mol. The van der Waals surface area contributed by atoms with Gasteiger partial charge in [-0.15, -0.1) is 0 Å². The number of hydrogen-bond acceptors (Lipinski definition) is 2. The van der Waals surface area contributed by atoms with Crippen LogP contribution in [0.15, 0.2) is 24.3 Å². The second-order valence-corrected chi connectivity index (χ2v) is 4.97. The summed E-state index contributed by atoms with van der Waals surface area (Å²) in [6.45, 7) is 0. The summed E-state index contributed by atoms with van der Waals surface area (Å²) in [6, 6.07) is 9.41. The lowest BCUT2D eigenvalue weighted by molar-refractivity contribution is 0.239. The third-order valence-electron chi connectivity index (χ3n) is 3.62. The largest absolute Gasteiger partial charge is 0.335 e. The van der Waals surface area contributed by atoms with Crippen molar-refractivity contribution in [3.63, 3.8) is 0 Å². The first-order valence-electron chi connectivity index (χ1n) is 6.75.